The predicted molar refractivity (Wildman–Crippen MR) is 80.4 cm³/mol. The molecule has 0 fully saturated rings. The number of alkyl halides is 1. The molecule has 17 heavy (non-hydrogen) atoms. The van der Waals surface area contributed by atoms with Crippen LogP contribution in [0.15, 0.2) is 41.8 Å². The van der Waals surface area contributed by atoms with Crippen molar-refractivity contribution in [2.75, 3.05) is 5.33 Å². The molecule has 0 saturated heterocycles. The summed E-state index contributed by atoms with van der Waals surface area (Å²) in [6.45, 7) is 2.20. The Kier molecular flexibility index (Phi) is 4.81. The van der Waals surface area contributed by atoms with Crippen molar-refractivity contribution >= 4 is 27.3 Å². The van der Waals surface area contributed by atoms with Crippen LogP contribution >= 0.6 is 27.3 Å². The molecule has 0 spiro atoms. The van der Waals surface area contributed by atoms with E-state index in [-0.39, 0.29) is 0 Å². The van der Waals surface area contributed by atoms with Gasteiger partial charge in [-0.2, -0.15) is 0 Å². The van der Waals surface area contributed by atoms with E-state index in [0.29, 0.717) is 5.92 Å². The molecule has 0 nitrogen and oxygen atoms in total. The van der Waals surface area contributed by atoms with Crippen molar-refractivity contribution in [3.63, 3.8) is 0 Å². The summed E-state index contributed by atoms with van der Waals surface area (Å²) >= 11 is 5.51. The zero-order valence-electron chi connectivity index (χ0n) is 10.0. The molecule has 0 aliphatic rings. The minimum absolute atomic E-state index is 0.623. The van der Waals surface area contributed by atoms with Crippen LogP contribution in [-0.2, 0) is 6.42 Å². The number of hydrogen-bond acceptors (Lipinski definition) is 1. The smallest absolute Gasteiger partial charge is 0.0100 e. The van der Waals surface area contributed by atoms with Crippen molar-refractivity contribution in [1.29, 1.82) is 0 Å². The highest BCUT2D eigenvalue weighted by Gasteiger charge is 2.12. The Morgan fingerprint density at radius 2 is 2.00 bits per heavy atom. The second-order valence-electron chi connectivity index (χ2n) is 4.33. The second kappa shape index (κ2) is 6.36. The Morgan fingerprint density at radius 1 is 1.18 bits per heavy atom. The molecule has 0 amide bonds. The molecule has 0 radical (unpaired) electrons. The second-order valence-corrected chi connectivity index (χ2v) is 6.01. The Hall–Kier alpha value is -0.600. The van der Waals surface area contributed by atoms with E-state index in [4.69, 9.17) is 0 Å². The van der Waals surface area contributed by atoms with Gasteiger partial charge >= 0.3 is 0 Å². The van der Waals surface area contributed by atoms with Gasteiger partial charge in [-0.1, -0.05) is 46.3 Å². The van der Waals surface area contributed by atoms with Crippen LogP contribution in [0, 0.1) is 6.92 Å². The van der Waals surface area contributed by atoms with Crippen LogP contribution in [0.1, 0.15) is 28.3 Å². The average molecular weight is 309 g/mol. The fourth-order valence-electron chi connectivity index (χ4n) is 2.13. The quantitative estimate of drug-likeness (QED) is 0.669. The van der Waals surface area contributed by atoms with Crippen LogP contribution in [0.2, 0.25) is 0 Å². The third kappa shape index (κ3) is 3.43. The third-order valence-electron chi connectivity index (χ3n) is 3.13. The summed E-state index contributed by atoms with van der Waals surface area (Å²) in [5, 5.41) is 3.20. The maximum absolute atomic E-state index is 3.65. The van der Waals surface area contributed by atoms with Gasteiger partial charge in [-0.3, -0.25) is 0 Å². The van der Waals surface area contributed by atoms with Crippen molar-refractivity contribution in [3.05, 3.63) is 57.8 Å². The van der Waals surface area contributed by atoms with E-state index >= 15 is 0 Å². The van der Waals surface area contributed by atoms with Gasteiger partial charge in [0.2, 0.25) is 0 Å². The van der Waals surface area contributed by atoms with Gasteiger partial charge in [0.15, 0.2) is 0 Å². The summed E-state index contributed by atoms with van der Waals surface area (Å²) < 4.78 is 0. The maximum atomic E-state index is 3.65. The monoisotopic (exact) mass is 308 g/mol. The lowest BCUT2D eigenvalue weighted by atomic mass is 9.92. The first-order valence-corrected chi connectivity index (χ1v) is 7.95. The molecule has 2 rings (SSSR count). The topological polar surface area (TPSA) is 0 Å². The van der Waals surface area contributed by atoms with Gasteiger partial charge in [-0.05, 0) is 48.3 Å². The van der Waals surface area contributed by atoms with E-state index in [1.165, 1.54) is 28.8 Å². The molecule has 1 aromatic carbocycles. The fourth-order valence-corrected chi connectivity index (χ4v) is 3.53. The molecule has 1 unspecified atom stereocenters. The van der Waals surface area contributed by atoms with Crippen molar-refractivity contribution in [2.24, 2.45) is 0 Å². The van der Waals surface area contributed by atoms with Gasteiger partial charge in [0, 0.05) is 10.2 Å². The highest BCUT2D eigenvalue weighted by molar-refractivity contribution is 9.09. The number of aryl methyl sites for hydroxylation is 2. The Labute approximate surface area is 116 Å². The number of hydrogen-bond donors (Lipinski definition) is 0. The van der Waals surface area contributed by atoms with Crippen LogP contribution in [0.3, 0.4) is 0 Å². The Bertz CT molecular complexity index is 448. The summed E-state index contributed by atoms with van der Waals surface area (Å²) in [7, 11) is 0. The molecule has 90 valence electrons. The van der Waals surface area contributed by atoms with E-state index in [9.17, 15) is 0 Å². The summed E-state index contributed by atoms with van der Waals surface area (Å²) in [5.74, 6) is 0.623. The SMILES string of the molecule is Cc1ccccc1C(CBr)CCc1cccs1. The molecule has 2 heteroatoms. The largest absolute Gasteiger partial charge is 0.149 e. The van der Waals surface area contributed by atoms with Crippen LogP contribution in [-0.4, -0.2) is 5.33 Å². The minimum Gasteiger partial charge on any atom is -0.149 e. The molecule has 0 saturated carbocycles. The standard InChI is InChI=1S/C15H17BrS/c1-12-5-2-3-7-15(12)13(11-16)8-9-14-6-4-10-17-14/h2-7,10,13H,8-9,11H2,1H3. The third-order valence-corrected chi connectivity index (χ3v) is 4.85. The zero-order chi connectivity index (χ0) is 12.1. The molecule has 0 bridgehead atoms. The van der Waals surface area contributed by atoms with Crippen LogP contribution < -0.4 is 0 Å². The van der Waals surface area contributed by atoms with Gasteiger partial charge in [0.05, 0.1) is 0 Å². The molecule has 2 aromatic rings. The molecular formula is C15H17BrS. The van der Waals surface area contributed by atoms with E-state index in [1.54, 1.807) is 0 Å². The van der Waals surface area contributed by atoms with Gasteiger partial charge in [0.1, 0.15) is 0 Å². The van der Waals surface area contributed by atoms with Crippen molar-refractivity contribution in [2.45, 2.75) is 25.7 Å². The zero-order valence-corrected chi connectivity index (χ0v) is 12.4. The van der Waals surface area contributed by atoms with Crippen molar-refractivity contribution in [3.8, 4) is 0 Å². The van der Waals surface area contributed by atoms with Gasteiger partial charge in [-0.15, -0.1) is 11.3 Å². The summed E-state index contributed by atoms with van der Waals surface area (Å²) in [6.07, 6.45) is 2.40. The lowest BCUT2D eigenvalue weighted by Crippen LogP contribution is -2.03. The van der Waals surface area contributed by atoms with Gasteiger partial charge < -0.3 is 0 Å². The first-order valence-electron chi connectivity index (χ1n) is 5.95. The van der Waals surface area contributed by atoms with E-state index in [1.807, 2.05) is 11.3 Å². The molecule has 0 N–H and O–H groups in total. The number of rotatable bonds is 5. The normalized spacial score (nSPS) is 12.6. The highest BCUT2D eigenvalue weighted by atomic mass is 79.9. The van der Waals surface area contributed by atoms with Gasteiger partial charge in [-0.25, -0.2) is 0 Å². The number of halogens is 1. The molecule has 1 atom stereocenters. The minimum atomic E-state index is 0.623. The Morgan fingerprint density at radius 3 is 2.65 bits per heavy atom. The van der Waals surface area contributed by atoms with E-state index < -0.39 is 0 Å². The molecular weight excluding hydrogens is 292 g/mol. The van der Waals surface area contributed by atoms with Gasteiger partial charge in [0.25, 0.3) is 0 Å². The van der Waals surface area contributed by atoms with Crippen LogP contribution in [0.4, 0.5) is 0 Å². The van der Waals surface area contributed by atoms with Crippen molar-refractivity contribution < 1.29 is 0 Å². The molecule has 0 aliphatic carbocycles. The first kappa shape index (κ1) is 12.8. The fraction of sp³-hybridized carbons (Fsp3) is 0.333. The van der Waals surface area contributed by atoms with Crippen LogP contribution in [0.5, 0.6) is 0 Å². The molecule has 1 heterocycles. The summed E-state index contributed by atoms with van der Waals surface area (Å²) in [6, 6.07) is 13.1. The lowest BCUT2D eigenvalue weighted by molar-refractivity contribution is 0.693. The number of benzene rings is 1. The predicted octanol–water partition coefficient (Wildman–Crippen LogP) is 5.17. The molecule has 1 aromatic heterocycles. The first-order chi connectivity index (χ1) is 8.31. The van der Waals surface area contributed by atoms with Crippen molar-refractivity contribution in [1.82, 2.24) is 0 Å². The average Bonchev–Trinajstić information content (AvgIpc) is 2.85. The Balaban J connectivity index is 2.04. The molecule has 0 aliphatic heterocycles. The van der Waals surface area contributed by atoms with Crippen LogP contribution in [0.25, 0.3) is 0 Å². The lowest BCUT2D eigenvalue weighted by Gasteiger charge is -2.16. The summed E-state index contributed by atoms with van der Waals surface area (Å²) in [5.41, 5.74) is 2.89. The van der Waals surface area contributed by atoms with E-state index in [2.05, 4.69) is 64.6 Å². The van der Waals surface area contributed by atoms with E-state index in [0.717, 1.165) is 5.33 Å². The summed E-state index contributed by atoms with van der Waals surface area (Å²) in [4.78, 5) is 1.49. The number of thiophene rings is 1. The highest BCUT2D eigenvalue weighted by Crippen LogP contribution is 2.27. The maximum Gasteiger partial charge on any atom is 0.0100 e.